The average molecular weight is 246 g/mol. The number of nitrogens with zero attached hydrogens (tertiary/aromatic N) is 2. The number of benzene rings is 1. The third kappa shape index (κ3) is 1.98. The van der Waals surface area contributed by atoms with E-state index in [1.165, 1.54) is 5.01 Å². The van der Waals surface area contributed by atoms with Crippen LogP contribution in [0.1, 0.15) is 18.1 Å². The molecule has 0 saturated carbocycles. The van der Waals surface area contributed by atoms with Crippen molar-refractivity contribution in [2.75, 3.05) is 5.01 Å². The van der Waals surface area contributed by atoms with Crippen LogP contribution in [0.15, 0.2) is 34.7 Å². The number of hydrogen-bond donors (Lipinski definition) is 2. The van der Waals surface area contributed by atoms with Crippen molar-refractivity contribution in [3.8, 4) is 0 Å². The fourth-order valence-corrected chi connectivity index (χ4v) is 1.68. The number of allylic oxidation sites excluding steroid dienone is 1. The van der Waals surface area contributed by atoms with Crippen LogP contribution < -0.4 is 10.6 Å². The van der Waals surface area contributed by atoms with E-state index >= 15 is 0 Å². The number of rotatable bonds is 2. The Morgan fingerprint density at radius 1 is 1.39 bits per heavy atom. The highest BCUT2D eigenvalue weighted by Crippen LogP contribution is 2.26. The molecule has 0 radical (unpaired) electrons. The van der Waals surface area contributed by atoms with Crippen LogP contribution in [0.5, 0.6) is 0 Å². The Bertz CT molecular complexity index is 551. The maximum Gasteiger partial charge on any atom is 0.378 e. The van der Waals surface area contributed by atoms with E-state index in [1.54, 1.807) is 6.92 Å². The van der Waals surface area contributed by atoms with Gasteiger partial charge in [0.2, 0.25) is 0 Å². The Morgan fingerprint density at radius 2 is 2.11 bits per heavy atom. The summed E-state index contributed by atoms with van der Waals surface area (Å²) in [5.41, 5.74) is 13.1. The van der Waals surface area contributed by atoms with Gasteiger partial charge in [0, 0.05) is 0 Å². The highest BCUT2D eigenvalue weighted by molar-refractivity contribution is 5.95. The van der Waals surface area contributed by atoms with Gasteiger partial charge in [-0.05, 0) is 44.0 Å². The van der Waals surface area contributed by atoms with Crippen molar-refractivity contribution in [2.24, 2.45) is 5.11 Å². The molecule has 2 N–H and O–H groups in total. The number of hydrazine groups is 1. The number of carbonyl (C=O) groups excluding carboxylic acids is 1. The van der Waals surface area contributed by atoms with Gasteiger partial charge in [-0.2, -0.15) is 5.11 Å². The molecule has 1 aliphatic rings. The predicted octanol–water partition coefficient (Wildman–Crippen LogP) is 2.35. The van der Waals surface area contributed by atoms with Gasteiger partial charge in [0.15, 0.2) is 5.70 Å². The summed E-state index contributed by atoms with van der Waals surface area (Å²) >= 11 is 0. The van der Waals surface area contributed by atoms with Crippen LogP contribution in [0, 0.1) is 19.4 Å². The van der Waals surface area contributed by atoms with E-state index in [2.05, 4.69) is 10.7 Å². The van der Waals surface area contributed by atoms with Crippen LogP contribution in [-0.4, -0.2) is 5.97 Å². The average Bonchev–Trinajstić information content (AvgIpc) is 2.74. The summed E-state index contributed by atoms with van der Waals surface area (Å²) in [6.07, 6.45) is 0. The first-order valence-corrected chi connectivity index (χ1v) is 5.47. The summed E-state index contributed by atoms with van der Waals surface area (Å²) in [5, 5.41) is 4.77. The second kappa shape index (κ2) is 4.58. The zero-order valence-corrected chi connectivity index (χ0v) is 10.4. The van der Waals surface area contributed by atoms with Crippen molar-refractivity contribution >= 4 is 11.7 Å². The molecule has 1 fully saturated rings. The monoisotopic (exact) mass is 246 g/mol. The molecule has 0 spiro atoms. The number of anilines is 1. The van der Waals surface area contributed by atoms with E-state index in [9.17, 15) is 4.79 Å². The van der Waals surface area contributed by atoms with Crippen molar-refractivity contribution in [3.63, 3.8) is 0 Å². The maximum atomic E-state index is 11.6. The third-order valence-corrected chi connectivity index (χ3v) is 2.91. The third-order valence-electron chi connectivity index (χ3n) is 2.91. The number of carbonyl (C=O) groups is 1. The molecule has 1 saturated heterocycles. The Labute approximate surface area is 105 Å². The molecule has 6 nitrogen and oxygen atoms in total. The largest absolute Gasteiger partial charge is 0.378 e. The van der Waals surface area contributed by atoms with Crippen LogP contribution in [-0.2, 0) is 9.63 Å². The lowest BCUT2D eigenvalue weighted by atomic mass is 10.1. The minimum Gasteiger partial charge on any atom is -0.345 e. The van der Waals surface area contributed by atoms with Crippen LogP contribution in [0.3, 0.4) is 0 Å². The molecule has 1 heterocycles. The van der Waals surface area contributed by atoms with E-state index in [-0.39, 0.29) is 5.70 Å². The molecule has 6 heteroatoms. The van der Waals surface area contributed by atoms with Crippen molar-refractivity contribution < 1.29 is 9.63 Å². The van der Waals surface area contributed by atoms with Crippen molar-refractivity contribution in [2.45, 2.75) is 20.8 Å². The van der Waals surface area contributed by atoms with Gasteiger partial charge < -0.3 is 4.84 Å². The summed E-state index contributed by atoms with van der Waals surface area (Å²) in [5.74, 6) is -0.540. The number of aryl methyl sites for hydroxylation is 2. The normalized spacial score (nSPS) is 17.7. The highest BCUT2D eigenvalue weighted by atomic mass is 16.7. The van der Waals surface area contributed by atoms with Crippen molar-refractivity contribution in [1.29, 1.82) is 5.53 Å². The minimum atomic E-state index is -0.540. The second-order valence-corrected chi connectivity index (χ2v) is 4.13. The molecule has 0 aliphatic carbocycles. The topological polar surface area (TPSA) is 77.8 Å². The Morgan fingerprint density at radius 3 is 2.72 bits per heavy atom. The molecule has 94 valence electrons. The Kier molecular flexibility index (Phi) is 3.12. The molecule has 0 atom stereocenters. The molecule has 2 rings (SSSR count). The van der Waals surface area contributed by atoms with Gasteiger partial charge in [-0.25, -0.2) is 15.3 Å². The standard InChI is InChI=1S/C12H14N4O2/c1-7-4-5-10(6-8(7)2)16-11(9(3)14-13)12(17)18-15-16/h4-6,13,15H,1-3H3/b11-9+,14-13?. The predicted molar refractivity (Wildman–Crippen MR) is 65.5 cm³/mol. The number of hydrogen-bond acceptors (Lipinski definition) is 6. The van der Waals surface area contributed by atoms with Gasteiger partial charge in [-0.1, -0.05) is 11.7 Å². The lowest BCUT2D eigenvalue weighted by Gasteiger charge is -2.17. The Balaban J connectivity index is 2.47. The van der Waals surface area contributed by atoms with Gasteiger partial charge in [0.1, 0.15) is 0 Å². The van der Waals surface area contributed by atoms with Gasteiger partial charge in [-0.15, -0.1) is 0 Å². The van der Waals surface area contributed by atoms with Crippen LogP contribution in [0.25, 0.3) is 0 Å². The van der Waals surface area contributed by atoms with Gasteiger partial charge in [-0.3, -0.25) is 0 Å². The summed E-state index contributed by atoms with van der Waals surface area (Å²) in [4.78, 5) is 16.3. The van der Waals surface area contributed by atoms with Crippen LogP contribution in [0.4, 0.5) is 5.69 Å². The molecule has 1 aromatic rings. The first-order valence-electron chi connectivity index (χ1n) is 5.47. The first kappa shape index (κ1) is 12.3. The number of nitrogens with one attached hydrogen (secondary N) is 2. The smallest absolute Gasteiger partial charge is 0.345 e. The van der Waals surface area contributed by atoms with E-state index in [4.69, 9.17) is 10.4 Å². The second-order valence-electron chi connectivity index (χ2n) is 4.13. The molecule has 0 aromatic heterocycles. The van der Waals surface area contributed by atoms with E-state index in [0.717, 1.165) is 16.8 Å². The molecule has 0 bridgehead atoms. The Hall–Kier alpha value is -2.21. The van der Waals surface area contributed by atoms with E-state index in [0.29, 0.717) is 5.70 Å². The molecular weight excluding hydrogens is 232 g/mol. The van der Waals surface area contributed by atoms with Gasteiger partial charge in [0.25, 0.3) is 0 Å². The molecule has 1 aliphatic heterocycles. The summed E-state index contributed by atoms with van der Waals surface area (Å²) in [7, 11) is 0. The van der Waals surface area contributed by atoms with Crippen LogP contribution in [0.2, 0.25) is 0 Å². The molecule has 1 aromatic carbocycles. The first-order chi connectivity index (χ1) is 8.54. The fraction of sp³-hybridized carbons (Fsp3) is 0.250. The van der Waals surface area contributed by atoms with Gasteiger partial charge >= 0.3 is 5.97 Å². The minimum absolute atomic E-state index is 0.230. The molecule has 18 heavy (non-hydrogen) atoms. The van der Waals surface area contributed by atoms with Crippen molar-refractivity contribution in [1.82, 2.24) is 5.59 Å². The fourth-order valence-electron chi connectivity index (χ4n) is 1.68. The van der Waals surface area contributed by atoms with E-state index in [1.807, 2.05) is 32.0 Å². The molecular formula is C12H14N4O2. The van der Waals surface area contributed by atoms with Gasteiger partial charge in [0.05, 0.1) is 11.4 Å². The summed E-state index contributed by atoms with van der Waals surface area (Å²) in [6, 6.07) is 5.76. The zero-order chi connectivity index (χ0) is 13.3. The maximum absolute atomic E-state index is 11.6. The van der Waals surface area contributed by atoms with Crippen LogP contribution >= 0.6 is 0 Å². The van der Waals surface area contributed by atoms with E-state index < -0.39 is 5.97 Å². The summed E-state index contributed by atoms with van der Waals surface area (Å²) in [6.45, 7) is 5.59. The lowest BCUT2D eigenvalue weighted by molar-refractivity contribution is -0.140. The molecule has 0 amide bonds. The highest BCUT2D eigenvalue weighted by Gasteiger charge is 2.31. The lowest BCUT2D eigenvalue weighted by Crippen LogP contribution is -2.29. The quantitative estimate of drug-likeness (QED) is 0.620. The summed E-state index contributed by atoms with van der Waals surface area (Å²) < 4.78 is 0. The van der Waals surface area contributed by atoms with Crippen molar-refractivity contribution in [3.05, 3.63) is 40.7 Å². The molecule has 0 unspecified atom stereocenters. The SMILES string of the molecule is C/C(N=N)=C1/C(=O)ONN1c1ccc(C)c(C)c1. The zero-order valence-electron chi connectivity index (χ0n) is 10.4.